The maximum absolute atomic E-state index is 12.3. The summed E-state index contributed by atoms with van der Waals surface area (Å²) < 4.78 is 2.27. The van der Waals surface area contributed by atoms with Crippen molar-refractivity contribution < 1.29 is 9.59 Å². The van der Waals surface area contributed by atoms with Crippen LogP contribution in [0.25, 0.3) is 0 Å². The number of nitrogens with zero attached hydrogens (tertiary/aromatic N) is 1. The molecule has 5 heteroatoms. The van der Waals surface area contributed by atoms with Crippen molar-refractivity contribution in [2.24, 2.45) is 0 Å². The zero-order chi connectivity index (χ0) is 17.9. The number of aromatic nitrogens is 1. The lowest BCUT2D eigenvalue weighted by atomic mass is 10.2. The summed E-state index contributed by atoms with van der Waals surface area (Å²) in [5.74, 6) is -0.258. The Morgan fingerprint density at radius 3 is 2.25 bits per heavy atom. The second kappa shape index (κ2) is 7.34. The molecule has 24 heavy (non-hydrogen) atoms. The summed E-state index contributed by atoms with van der Waals surface area (Å²) in [5, 5.41) is 5.64. The largest absolute Gasteiger partial charge is 0.348 e. The average molecular weight is 327 g/mol. The van der Waals surface area contributed by atoms with Crippen LogP contribution in [0.2, 0.25) is 0 Å². The lowest BCUT2D eigenvalue weighted by Crippen LogP contribution is -2.23. The molecule has 5 nitrogen and oxygen atoms in total. The summed E-state index contributed by atoms with van der Waals surface area (Å²) >= 11 is 0. The van der Waals surface area contributed by atoms with Gasteiger partial charge >= 0.3 is 0 Å². The normalized spacial score (nSPS) is 10.8. The highest BCUT2D eigenvalue weighted by Gasteiger charge is 2.12. The third kappa shape index (κ3) is 4.04. The van der Waals surface area contributed by atoms with Gasteiger partial charge in [-0.1, -0.05) is 0 Å². The first-order valence-electron chi connectivity index (χ1n) is 8.12. The van der Waals surface area contributed by atoms with Crippen LogP contribution in [0.4, 0.5) is 5.69 Å². The van der Waals surface area contributed by atoms with Crippen LogP contribution >= 0.6 is 0 Å². The van der Waals surface area contributed by atoms with Crippen LogP contribution in [0.5, 0.6) is 0 Å². The lowest BCUT2D eigenvalue weighted by molar-refractivity contribution is -0.114. The molecule has 128 valence electrons. The van der Waals surface area contributed by atoms with Crippen molar-refractivity contribution in [1.29, 1.82) is 0 Å². The molecule has 0 aliphatic carbocycles. The third-order valence-electron chi connectivity index (χ3n) is 4.01. The van der Waals surface area contributed by atoms with Crippen molar-refractivity contribution in [2.75, 3.05) is 5.32 Å². The number of carbonyl (C=O) groups is 2. The molecule has 1 aromatic heterocycles. The van der Waals surface area contributed by atoms with E-state index in [4.69, 9.17) is 0 Å². The fourth-order valence-electron chi connectivity index (χ4n) is 3.00. The molecule has 0 radical (unpaired) electrons. The van der Waals surface area contributed by atoms with Gasteiger partial charge in [-0.05, 0) is 63.6 Å². The molecule has 0 aliphatic rings. The fourth-order valence-corrected chi connectivity index (χ4v) is 3.00. The number of aryl methyl sites for hydroxylation is 1. The minimum atomic E-state index is -0.132. The summed E-state index contributed by atoms with van der Waals surface area (Å²) in [5.41, 5.74) is 4.76. The van der Waals surface area contributed by atoms with Gasteiger partial charge in [-0.15, -0.1) is 0 Å². The molecule has 0 saturated heterocycles. The Kier molecular flexibility index (Phi) is 5.44. The number of anilines is 1. The van der Waals surface area contributed by atoms with Crippen molar-refractivity contribution in [1.82, 2.24) is 9.88 Å². The molecule has 2 N–H and O–H groups in total. The predicted molar refractivity (Wildman–Crippen MR) is 96.2 cm³/mol. The monoisotopic (exact) mass is 327 g/mol. The second-order valence-electron chi connectivity index (χ2n) is 6.30. The van der Waals surface area contributed by atoms with Crippen LogP contribution in [-0.4, -0.2) is 16.4 Å². The Balaban J connectivity index is 2.03. The van der Waals surface area contributed by atoms with Crippen molar-refractivity contribution in [3.8, 4) is 0 Å². The Labute approximate surface area is 143 Å². The number of benzene rings is 1. The molecule has 0 aliphatic heterocycles. The van der Waals surface area contributed by atoms with Gasteiger partial charge in [0.2, 0.25) is 5.91 Å². The van der Waals surface area contributed by atoms with Gasteiger partial charge in [0.05, 0.1) is 0 Å². The third-order valence-corrected chi connectivity index (χ3v) is 4.01. The first-order valence-corrected chi connectivity index (χ1v) is 8.12. The van der Waals surface area contributed by atoms with Gasteiger partial charge < -0.3 is 15.2 Å². The highest BCUT2D eigenvalue weighted by atomic mass is 16.2. The molecular weight excluding hydrogens is 302 g/mol. The van der Waals surface area contributed by atoms with E-state index in [2.05, 4.69) is 49.0 Å². The van der Waals surface area contributed by atoms with Crippen molar-refractivity contribution >= 4 is 17.5 Å². The number of hydrogen-bond acceptors (Lipinski definition) is 2. The average Bonchev–Trinajstić information content (AvgIpc) is 2.79. The maximum Gasteiger partial charge on any atom is 0.251 e. The molecule has 0 spiro atoms. The lowest BCUT2D eigenvalue weighted by Gasteiger charge is -2.14. The SMILES string of the molecule is CC(=O)Nc1ccc(C(=O)NCc2cc(C)n(C(C)C)c2C)cc1. The molecular formula is C19H25N3O2. The zero-order valence-corrected chi connectivity index (χ0v) is 14.9. The summed E-state index contributed by atoms with van der Waals surface area (Å²) in [6.07, 6.45) is 0. The van der Waals surface area contributed by atoms with Gasteiger partial charge in [0, 0.05) is 42.1 Å². The highest BCUT2D eigenvalue weighted by Crippen LogP contribution is 2.20. The maximum atomic E-state index is 12.3. The van der Waals surface area contributed by atoms with Crippen LogP contribution in [-0.2, 0) is 11.3 Å². The van der Waals surface area contributed by atoms with Gasteiger partial charge in [0.15, 0.2) is 0 Å². The first-order chi connectivity index (χ1) is 11.3. The summed E-state index contributed by atoms with van der Waals surface area (Å²) in [7, 11) is 0. The van der Waals surface area contributed by atoms with Crippen molar-refractivity contribution in [3.05, 3.63) is 52.8 Å². The van der Waals surface area contributed by atoms with E-state index in [1.54, 1.807) is 24.3 Å². The van der Waals surface area contributed by atoms with Crippen LogP contribution in [0.3, 0.4) is 0 Å². The van der Waals surface area contributed by atoms with Crippen LogP contribution in [0.15, 0.2) is 30.3 Å². The van der Waals surface area contributed by atoms with E-state index >= 15 is 0 Å². The summed E-state index contributed by atoms with van der Waals surface area (Å²) in [4.78, 5) is 23.3. The molecule has 0 saturated carbocycles. The van der Waals surface area contributed by atoms with Crippen LogP contribution < -0.4 is 10.6 Å². The molecule has 1 aromatic carbocycles. The van der Waals surface area contributed by atoms with Crippen molar-refractivity contribution in [3.63, 3.8) is 0 Å². The first kappa shape index (κ1) is 17.8. The smallest absolute Gasteiger partial charge is 0.251 e. The Morgan fingerprint density at radius 1 is 1.12 bits per heavy atom. The predicted octanol–water partition coefficient (Wildman–Crippen LogP) is 3.57. The highest BCUT2D eigenvalue weighted by molar-refractivity contribution is 5.95. The molecule has 2 rings (SSSR count). The summed E-state index contributed by atoms with van der Waals surface area (Å²) in [6.45, 7) is 10.4. The van der Waals surface area contributed by atoms with E-state index in [0.717, 1.165) is 5.56 Å². The molecule has 0 atom stereocenters. The number of rotatable bonds is 5. The minimum absolute atomic E-state index is 0.126. The van der Waals surface area contributed by atoms with Crippen molar-refractivity contribution in [2.45, 2.75) is 47.2 Å². The second-order valence-corrected chi connectivity index (χ2v) is 6.30. The van der Waals surface area contributed by atoms with E-state index in [1.807, 2.05) is 0 Å². The van der Waals surface area contributed by atoms with Gasteiger partial charge in [-0.3, -0.25) is 9.59 Å². The Morgan fingerprint density at radius 2 is 1.75 bits per heavy atom. The van der Waals surface area contributed by atoms with Gasteiger partial charge in [0.1, 0.15) is 0 Å². The van der Waals surface area contributed by atoms with Gasteiger partial charge in [0.25, 0.3) is 5.91 Å². The molecule has 2 amide bonds. The number of nitrogens with one attached hydrogen (secondary N) is 2. The minimum Gasteiger partial charge on any atom is -0.348 e. The van der Waals surface area contributed by atoms with Crippen LogP contribution in [0.1, 0.15) is 54.1 Å². The number of carbonyl (C=O) groups excluding carboxylic acids is 2. The molecule has 0 unspecified atom stereocenters. The van der Waals surface area contributed by atoms with Crippen LogP contribution in [0, 0.1) is 13.8 Å². The standard InChI is InChI=1S/C19H25N3O2/c1-12(2)22-13(3)10-17(14(22)4)11-20-19(24)16-6-8-18(9-7-16)21-15(5)23/h6-10,12H,11H2,1-5H3,(H,20,24)(H,21,23). The summed E-state index contributed by atoms with van der Waals surface area (Å²) in [6, 6.07) is 9.38. The molecule has 0 bridgehead atoms. The molecule has 0 fully saturated rings. The number of amides is 2. The van der Waals surface area contributed by atoms with E-state index < -0.39 is 0 Å². The van der Waals surface area contributed by atoms with E-state index in [0.29, 0.717) is 23.8 Å². The fraction of sp³-hybridized carbons (Fsp3) is 0.368. The number of hydrogen-bond donors (Lipinski definition) is 2. The Bertz CT molecular complexity index is 743. The zero-order valence-electron chi connectivity index (χ0n) is 14.9. The molecule has 2 aromatic rings. The van der Waals surface area contributed by atoms with Gasteiger partial charge in [-0.25, -0.2) is 0 Å². The van der Waals surface area contributed by atoms with E-state index in [-0.39, 0.29) is 11.8 Å². The quantitative estimate of drug-likeness (QED) is 0.882. The van der Waals surface area contributed by atoms with E-state index in [9.17, 15) is 9.59 Å². The van der Waals surface area contributed by atoms with Gasteiger partial charge in [-0.2, -0.15) is 0 Å². The van der Waals surface area contributed by atoms with E-state index in [1.165, 1.54) is 18.3 Å². The molecule has 1 heterocycles. The Hall–Kier alpha value is -2.56. The topological polar surface area (TPSA) is 63.1 Å².